The van der Waals surface area contributed by atoms with E-state index < -0.39 is 0 Å². The van der Waals surface area contributed by atoms with Gasteiger partial charge in [-0.05, 0) is 31.2 Å². The molecule has 0 bridgehead atoms. The van der Waals surface area contributed by atoms with Gasteiger partial charge in [-0.1, -0.05) is 6.92 Å². The predicted molar refractivity (Wildman–Crippen MR) is 95.5 cm³/mol. The van der Waals surface area contributed by atoms with Crippen LogP contribution in [0, 0.1) is 0 Å². The lowest BCUT2D eigenvalue weighted by molar-refractivity contribution is 0.125. The number of hydrogen-bond acceptors (Lipinski definition) is 5. The molecule has 0 spiro atoms. The quantitative estimate of drug-likeness (QED) is 0.936. The fourth-order valence-electron chi connectivity index (χ4n) is 4.10. The molecule has 0 unspecified atom stereocenters. The molecular weight excluding hydrogens is 302 g/mol. The number of hydrogen-bond donors (Lipinski definition) is 1. The van der Waals surface area contributed by atoms with Crippen LogP contribution < -0.4 is 4.90 Å². The predicted octanol–water partition coefficient (Wildman–Crippen LogP) is 2.21. The number of rotatable bonds is 3. The normalized spacial score (nSPS) is 21.3. The Morgan fingerprint density at radius 1 is 1.17 bits per heavy atom. The SMILES string of the molecule is CCc1c[nH]c2ncnc(N3CCC(N4CCCOCC4)CC3)c12. The summed E-state index contributed by atoms with van der Waals surface area (Å²) in [5, 5.41) is 1.21. The van der Waals surface area contributed by atoms with Crippen molar-refractivity contribution in [2.75, 3.05) is 44.3 Å². The largest absolute Gasteiger partial charge is 0.380 e. The van der Waals surface area contributed by atoms with Crippen LogP contribution in [-0.4, -0.2) is 65.3 Å². The molecule has 2 aliphatic rings. The van der Waals surface area contributed by atoms with Crippen molar-refractivity contribution in [3.8, 4) is 0 Å². The zero-order chi connectivity index (χ0) is 16.4. The first-order valence-corrected chi connectivity index (χ1v) is 9.24. The van der Waals surface area contributed by atoms with Crippen LogP contribution >= 0.6 is 0 Å². The van der Waals surface area contributed by atoms with E-state index in [0.717, 1.165) is 57.2 Å². The number of aromatic amines is 1. The van der Waals surface area contributed by atoms with Gasteiger partial charge in [0.05, 0.1) is 12.0 Å². The average molecular weight is 329 g/mol. The lowest BCUT2D eigenvalue weighted by atomic mass is 10.0. The average Bonchev–Trinajstić information content (AvgIpc) is 2.87. The molecular formula is C18H27N5O. The first kappa shape index (κ1) is 15.8. The van der Waals surface area contributed by atoms with Gasteiger partial charge in [0, 0.05) is 45.0 Å². The summed E-state index contributed by atoms with van der Waals surface area (Å²) in [5.41, 5.74) is 2.27. The van der Waals surface area contributed by atoms with Gasteiger partial charge < -0.3 is 14.6 Å². The molecule has 6 nitrogen and oxygen atoms in total. The Bertz CT molecular complexity index is 669. The summed E-state index contributed by atoms with van der Waals surface area (Å²) in [6, 6.07) is 0.692. The standard InChI is InChI=1S/C18H27N5O/c1-2-14-12-19-17-16(14)18(21-13-20-17)23-7-4-15(5-8-23)22-6-3-10-24-11-9-22/h12-13,15H,2-11H2,1H3,(H,19,20,21). The van der Waals surface area contributed by atoms with Crippen molar-refractivity contribution in [1.29, 1.82) is 0 Å². The maximum atomic E-state index is 5.60. The number of ether oxygens (including phenoxy) is 1. The molecule has 2 aromatic heterocycles. The molecule has 0 aliphatic carbocycles. The maximum absolute atomic E-state index is 5.60. The molecule has 0 saturated carbocycles. The third-order valence-corrected chi connectivity index (χ3v) is 5.45. The second-order valence-electron chi connectivity index (χ2n) is 6.81. The third-order valence-electron chi connectivity index (χ3n) is 5.45. The molecule has 0 radical (unpaired) electrons. The summed E-state index contributed by atoms with van der Waals surface area (Å²) in [6.45, 7) is 8.40. The van der Waals surface area contributed by atoms with E-state index in [0.29, 0.717) is 6.04 Å². The molecule has 2 aromatic rings. The van der Waals surface area contributed by atoms with E-state index in [9.17, 15) is 0 Å². The van der Waals surface area contributed by atoms with E-state index in [2.05, 4.69) is 37.9 Å². The molecule has 0 aromatic carbocycles. The minimum atomic E-state index is 0.692. The molecule has 0 atom stereocenters. The Labute approximate surface area is 143 Å². The molecule has 1 N–H and O–H groups in total. The van der Waals surface area contributed by atoms with Crippen LogP contribution in [0.15, 0.2) is 12.5 Å². The number of nitrogens with zero attached hydrogens (tertiary/aromatic N) is 4. The summed E-state index contributed by atoms with van der Waals surface area (Å²) >= 11 is 0. The lowest BCUT2D eigenvalue weighted by Gasteiger charge is -2.38. The summed E-state index contributed by atoms with van der Waals surface area (Å²) in [6.07, 6.45) is 8.34. The topological polar surface area (TPSA) is 57.3 Å². The Kier molecular flexibility index (Phi) is 4.67. The molecule has 2 aliphatic heterocycles. The summed E-state index contributed by atoms with van der Waals surface area (Å²) < 4.78 is 5.60. The van der Waals surface area contributed by atoms with Gasteiger partial charge in [-0.25, -0.2) is 9.97 Å². The molecule has 4 heterocycles. The highest BCUT2D eigenvalue weighted by atomic mass is 16.5. The van der Waals surface area contributed by atoms with Gasteiger partial charge in [-0.2, -0.15) is 0 Å². The minimum Gasteiger partial charge on any atom is -0.380 e. The smallest absolute Gasteiger partial charge is 0.143 e. The van der Waals surface area contributed by atoms with Crippen LogP contribution in [0.1, 0.15) is 31.7 Å². The zero-order valence-electron chi connectivity index (χ0n) is 14.5. The summed E-state index contributed by atoms with van der Waals surface area (Å²) in [5.74, 6) is 1.11. The number of H-pyrrole nitrogens is 1. The van der Waals surface area contributed by atoms with E-state index in [-0.39, 0.29) is 0 Å². The Morgan fingerprint density at radius 2 is 2.04 bits per heavy atom. The first-order valence-electron chi connectivity index (χ1n) is 9.24. The van der Waals surface area contributed by atoms with Crippen LogP contribution in [0.4, 0.5) is 5.82 Å². The first-order chi connectivity index (χ1) is 11.9. The van der Waals surface area contributed by atoms with Crippen molar-refractivity contribution in [2.24, 2.45) is 0 Å². The second kappa shape index (κ2) is 7.07. The Morgan fingerprint density at radius 3 is 2.88 bits per heavy atom. The van der Waals surface area contributed by atoms with Crippen molar-refractivity contribution in [3.05, 3.63) is 18.1 Å². The number of anilines is 1. The molecule has 4 rings (SSSR count). The van der Waals surface area contributed by atoms with Gasteiger partial charge in [0.2, 0.25) is 0 Å². The van der Waals surface area contributed by atoms with E-state index in [1.807, 2.05) is 0 Å². The van der Waals surface area contributed by atoms with Gasteiger partial charge in [0.25, 0.3) is 0 Å². The highest BCUT2D eigenvalue weighted by Gasteiger charge is 2.27. The van der Waals surface area contributed by atoms with Crippen LogP contribution in [0.3, 0.4) is 0 Å². The highest BCUT2D eigenvalue weighted by molar-refractivity contribution is 5.90. The summed E-state index contributed by atoms with van der Waals surface area (Å²) in [7, 11) is 0. The number of aryl methyl sites for hydroxylation is 1. The van der Waals surface area contributed by atoms with Crippen LogP contribution in [0.2, 0.25) is 0 Å². The van der Waals surface area contributed by atoms with Crippen molar-refractivity contribution in [1.82, 2.24) is 19.9 Å². The number of piperidine rings is 1. The second-order valence-corrected chi connectivity index (χ2v) is 6.81. The van der Waals surface area contributed by atoms with Gasteiger partial charge in [-0.3, -0.25) is 4.90 Å². The van der Waals surface area contributed by atoms with Gasteiger partial charge in [0.1, 0.15) is 17.8 Å². The van der Waals surface area contributed by atoms with Crippen LogP contribution in [0.5, 0.6) is 0 Å². The highest BCUT2D eigenvalue weighted by Crippen LogP contribution is 2.29. The van der Waals surface area contributed by atoms with E-state index >= 15 is 0 Å². The molecule has 6 heteroatoms. The molecule has 2 fully saturated rings. The van der Waals surface area contributed by atoms with Crippen molar-refractivity contribution in [2.45, 2.75) is 38.6 Å². The van der Waals surface area contributed by atoms with Gasteiger partial charge >= 0.3 is 0 Å². The Balaban J connectivity index is 1.49. The van der Waals surface area contributed by atoms with Gasteiger partial charge in [0.15, 0.2) is 0 Å². The maximum Gasteiger partial charge on any atom is 0.143 e. The van der Waals surface area contributed by atoms with Crippen LogP contribution in [-0.2, 0) is 11.2 Å². The summed E-state index contributed by atoms with van der Waals surface area (Å²) in [4.78, 5) is 17.4. The van der Waals surface area contributed by atoms with Crippen molar-refractivity contribution >= 4 is 16.9 Å². The van der Waals surface area contributed by atoms with E-state index in [1.54, 1.807) is 6.33 Å². The third kappa shape index (κ3) is 3.00. The molecule has 2 saturated heterocycles. The van der Waals surface area contributed by atoms with Gasteiger partial charge in [-0.15, -0.1) is 0 Å². The number of aromatic nitrogens is 3. The number of nitrogens with one attached hydrogen (secondary N) is 1. The fraction of sp³-hybridized carbons (Fsp3) is 0.667. The minimum absolute atomic E-state index is 0.692. The molecule has 130 valence electrons. The lowest BCUT2D eigenvalue weighted by Crippen LogP contribution is -2.46. The fourth-order valence-corrected chi connectivity index (χ4v) is 4.10. The van der Waals surface area contributed by atoms with E-state index in [1.165, 1.54) is 30.3 Å². The van der Waals surface area contributed by atoms with Crippen LogP contribution in [0.25, 0.3) is 11.0 Å². The molecule has 0 amide bonds. The Hall–Kier alpha value is -1.66. The van der Waals surface area contributed by atoms with E-state index in [4.69, 9.17) is 4.74 Å². The van der Waals surface area contributed by atoms with Crippen molar-refractivity contribution < 1.29 is 4.74 Å². The molecule has 24 heavy (non-hydrogen) atoms. The monoisotopic (exact) mass is 329 g/mol. The number of fused-ring (bicyclic) bond motifs is 1. The zero-order valence-corrected chi connectivity index (χ0v) is 14.5. The van der Waals surface area contributed by atoms with Crippen molar-refractivity contribution in [3.63, 3.8) is 0 Å².